The Balaban J connectivity index is 2.44. The van der Waals surface area contributed by atoms with Crippen LogP contribution in [0.3, 0.4) is 0 Å². The molecule has 0 N–H and O–H groups in total. The molecule has 2 heterocycles. The van der Waals surface area contributed by atoms with Gasteiger partial charge in [0, 0.05) is 0 Å². The molecule has 12 heteroatoms. The van der Waals surface area contributed by atoms with Crippen LogP contribution < -0.4 is 21.9 Å². The molecule has 1 unspecified atom stereocenters. The van der Waals surface area contributed by atoms with E-state index >= 15 is 0 Å². The summed E-state index contributed by atoms with van der Waals surface area (Å²) in [5.74, 6) is 0. The van der Waals surface area contributed by atoms with Gasteiger partial charge in [-0.3, -0.25) is 0 Å². The molecule has 23 heavy (non-hydrogen) atoms. The zero-order valence-corrected chi connectivity index (χ0v) is 12.4. The molecule has 0 aromatic heterocycles. The first kappa shape index (κ1) is 17.5. The molecule has 0 saturated carbocycles. The Hall–Kier alpha value is -0.366. The second-order valence-electron chi connectivity index (χ2n) is 6.08. The van der Waals surface area contributed by atoms with Crippen LogP contribution in [0.5, 0.6) is 0 Å². The average Bonchev–Trinajstić information content (AvgIpc) is 2.78. The van der Waals surface area contributed by atoms with E-state index in [2.05, 4.69) is 0 Å². The van der Waals surface area contributed by atoms with Gasteiger partial charge in [-0.15, -0.1) is 16.4 Å². The molecular weight excluding hydrogens is 265 g/mol. The Labute approximate surface area is 151 Å². The SMILES string of the molecule is [B]C1=C2c3c([B])cc([B])c([B])c3[B]C2([B])C([B])([B])N([B])C1([B])[B]. The molecule has 21 radical (unpaired) electrons. The predicted molar refractivity (Wildman–Crippen MR) is 105 cm³/mol. The maximum absolute atomic E-state index is 6.45. The summed E-state index contributed by atoms with van der Waals surface area (Å²) in [7, 11) is 62.3. The van der Waals surface area contributed by atoms with E-state index in [4.69, 9.17) is 78.6 Å². The van der Waals surface area contributed by atoms with Crippen LogP contribution in [0.4, 0.5) is 0 Å². The largest absolute Gasteiger partial charge is 0.371 e. The smallest absolute Gasteiger partial charge is 0.180 e. The van der Waals surface area contributed by atoms with Crippen LogP contribution in [0.1, 0.15) is 5.56 Å². The van der Waals surface area contributed by atoms with Crippen LogP contribution in [0.2, 0.25) is 5.21 Å². The first-order chi connectivity index (χ1) is 10.4. The number of nitrogens with zero attached hydrogens (tertiary/aromatic N) is 1. The molecule has 0 bridgehead atoms. The minimum atomic E-state index is -1.86. The van der Waals surface area contributed by atoms with Gasteiger partial charge >= 0.3 is 0 Å². The summed E-state index contributed by atoms with van der Waals surface area (Å²) >= 11 is 0. The monoisotopic (exact) mass is 268 g/mol. The van der Waals surface area contributed by atoms with Crippen LogP contribution >= 0.6 is 0 Å². The lowest BCUT2D eigenvalue weighted by Gasteiger charge is -2.64. The summed E-state index contributed by atoms with van der Waals surface area (Å²) < 4.78 is 0. The van der Waals surface area contributed by atoms with Crippen molar-refractivity contribution in [2.45, 2.75) is 15.9 Å². The first-order valence-electron chi connectivity index (χ1n) is 6.71. The van der Waals surface area contributed by atoms with E-state index in [1.54, 1.807) is 0 Å². The van der Waals surface area contributed by atoms with Crippen molar-refractivity contribution in [1.29, 1.82) is 0 Å². The van der Waals surface area contributed by atoms with Gasteiger partial charge in [0.05, 0.1) is 39.2 Å². The van der Waals surface area contributed by atoms with Crippen molar-refractivity contribution in [3.8, 4) is 0 Å². The summed E-state index contributed by atoms with van der Waals surface area (Å²) in [5, 5.41) is -5.21. The second-order valence-corrected chi connectivity index (χ2v) is 6.08. The van der Waals surface area contributed by atoms with Gasteiger partial charge in [0.1, 0.15) is 31.4 Å². The highest BCUT2D eigenvalue weighted by atomic mass is 15.1. The van der Waals surface area contributed by atoms with E-state index in [0.29, 0.717) is 16.5 Å². The zero-order valence-electron chi connectivity index (χ0n) is 12.4. The lowest BCUT2D eigenvalue weighted by molar-refractivity contribution is 0.333. The number of fused-ring (bicyclic) bond motifs is 3. The van der Waals surface area contributed by atoms with Gasteiger partial charge in [-0.05, 0) is 5.56 Å². The third kappa shape index (κ3) is 1.94. The van der Waals surface area contributed by atoms with Crippen LogP contribution in [-0.4, -0.2) is 101 Å². The average molecular weight is 266 g/mol. The fourth-order valence-electron chi connectivity index (χ4n) is 3.21. The zero-order chi connectivity index (χ0) is 17.5. The third-order valence-corrected chi connectivity index (χ3v) is 4.67. The molecule has 1 aromatic rings. The van der Waals surface area contributed by atoms with Crippen LogP contribution in [0, 0.1) is 0 Å². The normalized spacial score (nSPS) is 28.0. The van der Waals surface area contributed by atoms with Gasteiger partial charge < -0.3 is 4.81 Å². The first-order valence-corrected chi connectivity index (χ1v) is 6.71. The van der Waals surface area contributed by atoms with Crippen LogP contribution in [-0.2, 0) is 0 Å². The number of benzene rings is 1. The lowest BCUT2D eigenvalue weighted by Crippen LogP contribution is -2.71. The molecule has 0 amide bonds. The predicted octanol–water partition coefficient (Wildman–Crippen LogP) is -6.04. The summed E-state index contributed by atoms with van der Waals surface area (Å²) in [6, 6.07) is 1.49. The summed E-state index contributed by atoms with van der Waals surface area (Å²) in [6.07, 6.45) is 0. The molecule has 1 nitrogen and oxygen atoms in total. The number of hydrogen-bond acceptors (Lipinski definition) is 1. The third-order valence-electron chi connectivity index (χ3n) is 4.67. The molecule has 83 valence electrons. The quantitative estimate of drug-likeness (QED) is 0.423. The highest BCUT2D eigenvalue weighted by Gasteiger charge is 2.55. The van der Waals surface area contributed by atoms with Crippen molar-refractivity contribution in [3.05, 3.63) is 17.1 Å². The van der Waals surface area contributed by atoms with Crippen molar-refractivity contribution in [2.24, 2.45) is 0 Å². The molecule has 2 aliphatic heterocycles. The Kier molecular flexibility index (Phi) is 3.67. The summed E-state index contributed by atoms with van der Waals surface area (Å²) in [6.45, 7) is 0. The standard InChI is InChI=1S/C11HB11N/c12-2-1-3(13)6(14)7-4(2)5-8(15)10(17,18)23(21)11(19,20)9(5,16)22-7/h1H. The highest BCUT2D eigenvalue weighted by Crippen LogP contribution is 2.55. The molecular formula is C11HB11N. The molecule has 0 spiro atoms. The Morgan fingerprint density at radius 2 is 1.48 bits per heavy atom. The highest BCUT2D eigenvalue weighted by molar-refractivity contribution is 6.82. The van der Waals surface area contributed by atoms with E-state index in [9.17, 15) is 0 Å². The number of hydrogen-bond donors (Lipinski definition) is 0. The van der Waals surface area contributed by atoms with E-state index in [1.165, 1.54) is 13.3 Å². The topological polar surface area (TPSA) is 3.24 Å². The Bertz CT molecular complexity index is 755. The van der Waals surface area contributed by atoms with E-state index < -0.39 is 15.9 Å². The van der Waals surface area contributed by atoms with Crippen molar-refractivity contribution in [3.63, 3.8) is 0 Å². The van der Waals surface area contributed by atoms with E-state index in [0.717, 1.165) is 4.81 Å². The van der Waals surface area contributed by atoms with Gasteiger partial charge in [-0.25, -0.2) is 0 Å². The van der Waals surface area contributed by atoms with Crippen molar-refractivity contribution < 1.29 is 0 Å². The van der Waals surface area contributed by atoms with Crippen molar-refractivity contribution >= 4 is 113 Å². The van der Waals surface area contributed by atoms with Crippen molar-refractivity contribution in [1.82, 2.24) is 4.81 Å². The molecule has 0 aliphatic carbocycles. The maximum atomic E-state index is 6.45. The lowest BCUT2D eigenvalue weighted by atomic mass is 9.22. The minimum Gasteiger partial charge on any atom is -0.371 e. The maximum Gasteiger partial charge on any atom is 0.180 e. The van der Waals surface area contributed by atoms with Gasteiger partial charge in [-0.2, -0.15) is 0 Å². The molecule has 3 rings (SSSR count). The molecule has 0 fully saturated rings. The Morgan fingerprint density at radius 1 is 0.913 bits per heavy atom. The fourth-order valence-corrected chi connectivity index (χ4v) is 3.21. The van der Waals surface area contributed by atoms with E-state index in [-0.39, 0.29) is 22.0 Å². The molecule has 0 saturated heterocycles. The number of rotatable bonds is 0. The Morgan fingerprint density at radius 3 is 2.04 bits per heavy atom. The molecule has 1 aromatic carbocycles. The van der Waals surface area contributed by atoms with Crippen LogP contribution in [0.25, 0.3) is 5.57 Å². The van der Waals surface area contributed by atoms with Gasteiger partial charge in [0.2, 0.25) is 0 Å². The molecule has 2 aliphatic rings. The second kappa shape index (κ2) is 4.84. The minimum absolute atomic E-state index is 0.0140. The van der Waals surface area contributed by atoms with Gasteiger partial charge in [0.25, 0.3) is 0 Å². The summed E-state index contributed by atoms with van der Waals surface area (Å²) in [4.78, 5) is 0.816. The van der Waals surface area contributed by atoms with Gasteiger partial charge in [-0.1, -0.05) is 38.5 Å². The van der Waals surface area contributed by atoms with Crippen LogP contribution in [0.15, 0.2) is 11.5 Å². The fraction of sp³-hybridized carbons (Fsp3) is 0.273. The van der Waals surface area contributed by atoms with Gasteiger partial charge in [0.15, 0.2) is 15.3 Å². The van der Waals surface area contributed by atoms with E-state index in [1.807, 2.05) is 0 Å². The summed E-state index contributed by atoms with van der Waals surface area (Å²) in [5.41, 5.74) is 2.04. The van der Waals surface area contributed by atoms with Crippen molar-refractivity contribution in [2.75, 3.05) is 0 Å². The molecule has 1 atom stereocenters.